The molecule has 0 aliphatic carbocycles. The van der Waals surface area contributed by atoms with E-state index >= 15 is 0 Å². The summed E-state index contributed by atoms with van der Waals surface area (Å²) >= 11 is 11.6. The fourth-order valence-corrected chi connectivity index (χ4v) is 2.67. The maximum absolute atomic E-state index is 13.3. The van der Waals surface area contributed by atoms with Crippen LogP contribution in [0.5, 0.6) is 0 Å². The number of hydrogen-bond acceptors (Lipinski definition) is 3. The van der Waals surface area contributed by atoms with Crippen molar-refractivity contribution < 1.29 is 14.3 Å². The number of Topliss-reactive ketones (excluding diaryl/α,β-unsaturated/α-hetero) is 1. The van der Waals surface area contributed by atoms with Gasteiger partial charge in [-0.1, -0.05) is 60.7 Å². The summed E-state index contributed by atoms with van der Waals surface area (Å²) in [4.78, 5) is 13.3. The fraction of sp³-hybridized carbons (Fsp3) is 0.350. The van der Waals surface area contributed by atoms with Crippen molar-refractivity contribution in [3.8, 4) is 0 Å². The average molecular weight is 381 g/mol. The highest BCUT2D eigenvalue weighted by Gasteiger charge is 2.43. The van der Waals surface area contributed by atoms with Gasteiger partial charge in [0.25, 0.3) is 5.79 Å². The van der Waals surface area contributed by atoms with Gasteiger partial charge in [-0.05, 0) is 12.8 Å². The molecular formula is C20H22Cl2O3. The molecule has 0 fully saturated rings. The minimum atomic E-state index is -1.50. The first kappa shape index (κ1) is 19.9. The molecular weight excluding hydrogens is 359 g/mol. The molecule has 0 saturated heterocycles. The zero-order valence-corrected chi connectivity index (χ0v) is 15.5. The van der Waals surface area contributed by atoms with E-state index in [4.69, 9.17) is 32.7 Å². The normalized spacial score (nSPS) is 11.4. The Morgan fingerprint density at radius 1 is 0.800 bits per heavy atom. The Labute approximate surface area is 158 Å². The van der Waals surface area contributed by atoms with Crippen molar-refractivity contribution in [2.75, 3.05) is 25.0 Å². The lowest BCUT2D eigenvalue weighted by atomic mass is 9.95. The van der Waals surface area contributed by atoms with Crippen LogP contribution in [-0.2, 0) is 15.3 Å². The van der Waals surface area contributed by atoms with Crippen LogP contribution in [0.3, 0.4) is 0 Å². The van der Waals surface area contributed by atoms with Gasteiger partial charge in [-0.2, -0.15) is 0 Å². The van der Waals surface area contributed by atoms with Crippen LogP contribution in [0.15, 0.2) is 60.7 Å². The van der Waals surface area contributed by atoms with Gasteiger partial charge < -0.3 is 9.47 Å². The predicted octanol–water partition coefficient (Wildman–Crippen LogP) is 5.01. The topological polar surface area (TPSA) is 35.5 Å². The molecule has 25 heavy (non-hydrogen) atoms. The van der Waals surface area contributed by atoms with Gasteiger partial charge in [-0.15, -0.1) is 23.2 Å². The minimum Gasteiger partial charge on any atom is -0.340 e. The van der Waals surface area contributed by atoms with Crippen LogP contribution >= 0.6 is 23.2 Å². The van der Waals surface area contributed by atoms with E-state index in [2.05, 4.69) is 0 Å². The summed E-state index contributed by atoms with van der Waals surface area (Å²) in [6, 6.07) is 18.3. The third-order valence-electron chi connectivity index (χ3n) is 3.66. The van der Waals surface area contributed by atoms with Gasteiger partial charge in [0, 0.05) is 22.9 Å². The van der Waals surface area contributed by atoms with Crippen molar-refractivity contribution in [1.82, 2.24) is 0 Å². The molecule has 0 unspecified atom stereocenters. The Hall–Kier alpha value is -1.39. The van der Waals surface area contributed by atoms with Crippen molar-refractivity contribution in [2.45, 2.75) is 18.6 Å². The number of rotatable bonds is 11. The Balaban J connectivity index is 2.42. The standard InChI is InChI=1S/C20H22Cl2O3/c21-13-7-15-24-20(25-16-8-14-22,18-11-5-2-6-12-18)19(23)17-9-3-1-4-10-17/h1-6,9-12H,7-8,13-16H2. The largest absolute Gasteiger partial charge is 0.340 e. The summed E-state index contributed by atoms with van der Waals surface area (Å²) in [5.74, 6) is -0.831. The van der Waals surface area contributed by atoms with E-state index in [9.17, 15) is 4.79 Å². The van der Waals surface area contributed by atoms with Gasteiger partial charge in [0.1, 0.15) is 0 Å². The second kappa shape index (κ2) is 10.6. The molecule has 3 nitrogen and oxygen atoms in total. The number of halogens is 2. The maximum Gasteiger partial charge on any atom is 0.261 e. The molecule has 134 valence electrons. The van der Waals surface area contributed by atoms with E-state index in [-0.39, 0.29) is 5.78 Å². The summed E-state index contributed by atoms with van der Waals surface area (Å²) in [5, 5.41) is 0. The van der Waals surface area contributed by atoms with Crippen molar-refractivity contribution in [3.63, 3.8) is 0 Å². The van der Waals surface area contributed by atoms with E-state index in [1.54, 1.807) is 12.1 Å². The van der Waals surface area contributed by atoms with Crippen LogP contribution in [0.1, 0.15) is 28.8 Å². The van der Waals surface area contributed by atoms with Crippen molar-refractivity contribution in [3.05, 3.63) is 71.8 Å². The van der Waals surface area contributed by atoms with Gasteiger partial charge in [-0.3, -0.25) is 4.79 Å². The highest BCUT2D eigenvalue weighted by Crippen LogP contribution is 2.32. The van der Waals surface area contributed by atoms with Crippen LogP contribution in [-0.4, -0.2) is 30.8 Å². The second-order valence-electron chi connectivity index (χ2n) is 5.46. The van der Waals surface area contributed by atoms with Crippen LogP contribution in [0.4, 0.5) is 0 Å². The van der Waals surface area contributed by atoms with E-state index in [0.717, 1.165) is 0 Å². The maximum atomic E-state index is 13.3. The molecule has 0 radical (unpaired) electrons. The van der Waals surface area contributed by atoms with E-state index < -0.39 is 5.79 Å². The molecule has 0 spiro atoms. The summed E-state index contributed by atoms with van der Waals surface area (Å²) in [7, 11) is 0. The minimum absolute atomic E-state index is 0.233. The summed E-state index contributed by atoms with van der Waals surface area (Å²) in [5.41, 5.74) is 1.19. The Morgan fingerprint density at radius 3 is 1.76 bits per heavy atom. The molecule has 0 bridgehead atoms. The van der Waals surface area contributed by atoms with E-state index in [1.807, 2.05) is 48.5 Å². The highest BCUT2D eigenvalue weighted by molar-refractivity contribution is 6.18. The molecule has 0 heterocycles. The first-order valence-corrected chi connectivity index (χ1v) is 9.36. The van der Waals surface area contributed by atoms with Crippen LogP contribution in [0.25, 0.3) is 0 Å². The Bertz CT molecular complexity index is 622. The van der Waals surface area contributed by atoms with Gasteiger partial charge in [0.05, 0.1) is 13.2 Å². The van der Waals surface area contributed by atoms with Crippen molar-refractivity contribution >= 4 is 29.0 Å². The zero-order chi connectivity index (χ0) is 18.0. The number of carbonyl (C=O) groups is 1. The van der Waals surface area contributed by atoms with E-state index in [1.165, 1.54) is 0 Å². The van der Waals surface area contributed by atoms with Crippen LogP contribution < -0.4 is 0 Å². The zero-order valence-electron chi connectivity index (χ0n) is 14.0. The summed E-state index contributed by atoms with van der Waals surface area (Å²) < 4.78 is 12.0. The monoisotopic (exact) mass is 380 g/mol. The second-order valence-corrected chi connectivity index (χ2v) is 6.22. The Morgan fingerprint density at radius 2 is 1.28 bits per heavy atom. The molecule has 0 amide bonds. The molecule has 0 atom stereocenters. The smallest absolute Gasteiger partial charge is 0.261 e. The van der Waals surface area contributed by atoms with Gasteiger partial charge >= 0.3 is 0 Å². The lowest BCUT2D eigenvalue weighted by Gasteiger charge is -2.33. The summed E-state index contributed by atoms with van der Waals surface area (Å²) in [6.45, 7) is 0.635. The predicted molar refractivity (Wildman–Crippen MR) is 101 cm³/mol. The van der Waals surface area contributed by atoms with Crippen LogP contribution in [0.2, 0.25) is 0 Å². The first-order chi connectivity index (χ1) is 12.2. The molecule has 0 aromatic heterocycles. The number of ketones is 1. The van der Waals surface area contributed by atoms with Gasteiger partial charge in [0.15, 0.2) is 0 Å². The van der Waals surface area contributed by atoms with Gasteiger partial charge in [-0.25, -0.2) is 0 Å². The molecule has 2 aromatic rings. The third kappa shape index (κ3) is 5.29. The first-order valence-electron chi connectivity index (χ1n) is 8.30. The molecule has 5 heteroatoms. The lowest BCUT2D eigenvalue weighted by Crippen LogP contribution is -2.42. The molecule has 0 N–H and O–H groups in total. The third-order valence-corrected chi connectivity index (χ3v) is 4.19. The number of carbonyl (C=O) groups excluding carboxylic acids is 1. The molecule has 2 rings (SSSR count). The number of benzene rings is 2. The number of alkyl halides is 2. The van der Waals surface area contributed by atoms with Gasteiger partial charge in [0.2, 0.25) is 5.78 Å². The Kier molecular flexibility index (Phi) is 8.42. The quantitative estimate of drug-likeness (QED) is 0.238. The van der Waals surface area contributed by atoms with E-state index in [0.29, 0.717) is 48.9 Å². The molecule has 2 aromatic carbocycles. The number of ether oxygens (including phenoxy) is 2. The average Bonchev–Trinajstić information content (AvgIpc) is 2.68. The molecule has 0 saturated carbocycles. The summed E-state index contributed by atoms with van der Waals surface area (Å²) in [6.07, 6.45) is 1.24. The van der Waals surface area contributed by atoms with Crippen molar-refractivity contribution in [1.29, 1.82) is 0 Å². The lowest BCUT2D eigenvalue weighted by molar-refractivity contribution is -0.209. The highest BCUT2D eigenvalue weighted by atomic mass is 35.5. The fourth-order valence-electron chi connectivity index (χ4n) is 2.45. The van der Waals surface area contributed by atoms with Crippen LogP contribution in [0, 0.1) is 0 Å². The molecule has 0 aliphatic rings. The SMILES string of the molecule is O=C(c1ccccc1)C(OCCCCl)(OCCCCl)c1ccccc1. The van der Waals surface area contributed by atoms with Crippen molar-refractivity contribution in [2.24, 2.45) is 0 Å². The molecule has 0 aliphatic heterocycles. The number of hydrogen-bond donors (Lipinski definition) is 0.